The van der Waals surface area contributed by atoms with Gasteiger partial charge in [0.2, 0.25) is 0 Å². The van der Waals surface area contributed by atoms with Crippen molar-refractivity contribution >= 4 is 24.4 Å². The molecule has 0 unspecified atom stereocenters. The lowest BCUT2D eigenvalue weighted by molar-refractivity contribution is 0.00578. The summed E-state index contributed by atoms with van der Waals surface area (Å²) in [4.78, 5) is 13.2. The molecule has 1 aromatic rings. The SMILES string of the molecule is CC1(C)OB(c2cccc(N3CCC(OC(N)=O)CC3)c2)OC1(C)C. The van der Waals surface area contributed by atoms with Crippen molar-refractivity contribution < 1.29 is 18.8 Å². The van der Waals surface area contributed by atoms with Gasteiger partial charge in [-0.15, -0.1) is 0 Å². The molecule has 2 heterocycles. The first-order valence-corrected chi connectivity index (χ1v) is 8.84. The Morgan fingerprint density at radius 2 is 1.80 bits per heavy atom. The highest BCUT2D eigenvalue weighted by atomic mass is 16.7. The van der Waals surface area contributed by atoms with E-state index in [1.807, 2.05) is 12.1 Å². The number of hydrogen-bond donors (Lipinski definition) is 1. The third-order valence-corrected chi connectivity index (χ3v) is 5.49. The summed E-state index contributed by atoms with van der Waals surface area (Å²) in [7, 11) is -0.360. The Kier molecular flexibility index (Phi) is 4.73. The minimum atomic E-state index is -0.693. The van der Waals surface area contributed by atoms with E-state index < -0.39 is 6.09 Å². The maximum atomic E-state index is 10.9. The third kappa shape index (κ3) is 3.77. The fraction of sp³-hybridized carbons (Fsp3) is 0.611. The van der Waals surface area contributed by atoms with Crippen LogP contribution in [-0.4, -0.2) is 43.6 Å². The van der Waals surface area contributed by atoms with Crippen molar-refractivity contribution in [2.24, 2.45) is 5.73 Å². The molecule has 0 spiro atoms. The predicted molar refractivity (Wildman–Crippen MR) is 98.1 cm³/mol. The molecule has 6 nitrogen and oxygen atoms in total. The minimum Gasteiger partial charge on any atom is -0.446 e. The molecule has 0 aliphatic carbocycles. The molecule has 0 radical (unpaired) electrons. The molecule has 0 aromatic heterocycles. The average molecular weight is 346 g/mol. The van der Waals surface area contributed by atoms with Crippen LogP contribution < -0.4 is 16.1 Å². The third-order valence-electron chi connectivity index (χ3n) is 5.49. The first-order chi connectivity index (χ1) is 11.7. The lowest BCUT2D eigenvalue weighted by Crippen LogP contribution is -2.41. The predicted octanol–water partition coefficient (Wildman–Crippen LogP) is 2.05. The Balaban J connectivity index is 1.68. The highest BCUT2D eigenvalue weighted by Gasteiger charge is 2.51. The van der Waals surface area contributed by atoms with Crippen LogP contribution in [0.25, 0.3) is 0 Å². The summed E-state index contributed by atoms with van der Waals surface area (Å²) in [6, 6.07) is 8.28. The number of nitrogens with zero attached hydrogens (tertiary/aromatic N) is 1. The second kappa shape index (κ2) is 6.54. The van der Waals surface area contributed by atoms with Crippen LogP contribution in [0.2, 0.25) is 0 Å². The van der Waals surface area contributed by atoms with Crippen molar-refractivity contribution in [2.45, 2.75) is 57.8 Å². The van der Waals surface area contributed by atoms with E-state index in [1.165, 1.54) is 0 Å². The van der Waals surface area contributed by atoms with Crippen molar-refractivity contribution in [3.63, 3.8) is 0 Å². The Hall–Kier alpha value is -1.73. The zero-order valence-electron chi connectivity index (χ0n) is 15.5. The second-order valence-electron chi connectivity index (χ2n) is 7.81. The lowest BCUT2D eigenvalue weighted by atomic mass is 9.79. The van der Waals surface area contributed by atoms with Gasteiger partial charge in [0.1, 0.15) is 6.10 Å². The van der Waals surface area contributed by atoms with Gasteiger partial charge in [-0.2, -0.15) is 0 Å². The Morgan fingerprint density at radius 3 is 2.36 bits per heavy atom. The van der Waals surface area contributed by atoms with Gasteiger partial charge in [-0.3, -0.25) is 0 Å². The highest BCUT2D eigenvalue weighted by Crippen LogP contribution is 2.36. The normalized spacial score (nSPS) is 22.9. The van der Waals surface area contributed by atoms with E-state index >= 15 is 0 Å². The number of nitrogens with two attached hydrogens (primary N) is 1. The van der Waals surface area contributed by atoms with Gasteiger partial charge in [-0.1, -0.05) is 12.1 Å². The lowest BCUT2D eigenvalue weighted by Gasteiger charge is -2.33. The van der Waals surface area contributed by atoms with Crippen molar-refractivity contribution in [3.8, 4) is 0 Å². The smallest absolute Gasteiger partial charge is 0.446 e. The average Bonchev–Trinajstić information content (AvgIpc) is 2.76. The van der Waals surface area contributed by atoms with Gasteiger partial charge in [0.15, 0.2) is 0 Å². The summed E-state index contributed by atoms with van der Waals surface area (Å²) in [5.74, 6) is 0. The number of carbonyl (C=O) groups is 1. The zero-order valence-corrected chi connectivity index (χ0v) is 15.5. The van der Waals surface area contributed by atoms with Crippen LogP contribution in [-0.2, 0) is 14.0 Å². The van der Waals surface area contributed by atoms with E-state index in [4.69, 9.17) is 19.8 Å². The van der Waals surface area contributed by atoms with Gasteiger partial charge in [-0.25, -0.2) is 4.79 Å². The fourth-order valence-electron chi connectivity index (χ4n) is 3.24. The van der Waals surface area contributed by atoms with Gasteiger partial charge in [-0.05, 0) is 45.3 Å². The number of benzene rings is 1. The largest absolute Gasteiger partial charge is 0.494 e. The molecule has 1 aromatic carbocycles. The van der Waals surface area contributed by atoms with Crippen LogP contribution in [0.4, 0.5) is 10.5 Å². The van der Waals surface area contributed by atoms with E-state index in [2.05, 4.69) is 44.7 Å². The quantitative estimate of drug-likeness (QED) is 0.848. The van der Waals surface area contributed by atoms with Crippen molar-refractivity contribution in [2.75, 3.05) is 18.0 Å². The van der Waals surface area contributed by atoms with Crippen LogP contribution in [0.3, 0.4) is 0 Å². The second-order valence-corrected chi connectivity index (χ2v) is 7.81. The van der Waals surface area contributed by atoms with E-state index in [0.717, 1.165) is 37.1 Å². The van der Waals surface area contributed by atoms with Crippen LogP contribution in [0.5, 0.6) is 0 Å². The van der Waals surface area contributed by atoms with Crippen molar-refractivity contribution in [1.29, 1.82) is 0 Å². The molecule has 0 bridgehead atoms. The maximum Gasteiger partial charge on any atom is 0.494 e. The molecule has 1 amide bonds. The van der Waals surface area contributed by atoms with E-state index in [9.17, 15) is 4.79 Å². The molecule has 136 valence electrons. The first kappa shape index (κ1) is 18.1. The first-order valence-electron chi connectivity index (χ1n) is 8.84. The Bertz CT molecular complexity index is 626. The Morgan fingerprint density at radius 1 is 1.20 bits per heavy atom. The van der Waals surface area contributed by atoms with Gasteiger partial charge in [0, 0.05) is 31.6 Å². The summed E-state index contributed by atoms with van der Waals surface area (Å²) in [5.41, 5.74) is 6.55. The molecule has 0 atom stereocenters. The number of piperidine rings is 1. The molecule has 7 heteroatoms. The minimum absolute atomic E-state index is 0.0833. The number of primary amides is 1. The summed E-state index contributed by atoms with van der Waals surface area (Å²) in [6.45, 7) is 9.87. The number of amides is 1. The number of anilines is 1. The number of carbonyl (C=O) groups excluding carboxylic acids is 1. The van der Waals surface area contributed by atoms with Crippen LogP contribution in [0, 0.1) is 0 Å². The van der Waals surface area contributed by atoms with Crippen LogP contribution in [0.15, 0.2) is 24.3 Å². The number of hydrogen-bond acceptors (Lipinski definition) is 5. The maximum absolute atomic E-state index is 10.9. The summed E-state index contributed by atoms with van der Waals surface area (Å²) in [5, 5.41) is 0. The molecular formula is C18H27BN2O4. The number of ether oxygens (including phenoxy) is 1. The highest BCUT2D eigenvalue weighted by molar-refractivity contribution is 6.62. The monoisotopic (exact) mass is 346 g/mol. The van der Waals surface area contributed by atoms with Gasteiger partial charge in [0.05, 0.1) is 11.2 Å². The molecular weight excluding hydrogens is 319 g/mol. The van der Waals surface area contributed by atoms with Gasteiger partial charge >= 0.3 is 13.2 Å². The fourth-order valence-corrected chi connectivity index (χ4v) is 3.24. The molecule has 2 aliphatic heterocycles. The molecule has 2 N–H and O–H groups in total. The van der Waals surface area contributed by atoms with E-state index in [1.54, 1.807) is 0 Å². The number of rotatable bonds is 3. The molecule has 2 aliphatic rings. The molecule has 2 fully saturated rings. The summed E-state index contributed by atoms with van der Waals surface area (Å²) >= 11 is 0. The molecule has 2 saturated heterocycles. The summed E-state index contributed by atoms with van der Waals surface area (Å²) < 4.78 is 17.4. The zero-order chi connectivity index (χ0) is 18.2. The van der Waals surface area contributed by atoms with E-state index in [-0.39, 0.29) is 24.4 Å². The van der Waals surface area contributed by atoms with E-state index in [0.29, 0.717) is 0 Å². The van der Waals surface area contributed by atoms with Gasteiger partial charge in [0.25, 0.3) is 0 Å². The van der Waals surface area contributed by atoms with Crippen LogP contribution in [0.1, 0.15) is 40.5 Å². The standard InChI is InChI=1S/C18H27BN2O4/c1-17(2)18(3,4)25-19(24-17)13-6-5-7-14(12-13)21-10-8-15(9-11-21)23-16(20)22/h5-7,12,15H,8-11H2,1-4H3,(H2,20,22). The molecule has 3 rings (SSSR count). The van der Waals surface area contributed by atoms with Crippen molar-refractivity contribution in [1.82, 2.24) is 0 Å². The topological polar surface area (TPSA) is 74.0 Å². The van der Waals surface area contributed by atoms with Crippen molar-refractivity contribution in [3.05, 3.63) is 24.3 Å². The molecule has 0 saturated carbocycles. The Labute approximate surface area is 149 Å². The molecule has 25 heavy (non-hydrogen) atoms. The van der Waals surface area contributed by atoms with Gasteiger partial charge < -0.3 is 24.7 Å². The van der Waals surface area contributed by atoms with Crippen LogP contribution >= 0.6 is 0 Å². The summed E-state index contributed by atoms with van der Waals surface area (Å²) in [6.07, 6.45) is 0.786.